The van der Waals surface area contributed by atoms with Crippen LogP contribution in [0.4, 0.5) is 0 Å². The molecular weight excluding hydrogens is 328 g/mol. The molecule has 0 aliphatic heterocycles. The standard InChI is InChI=1S/C16H14N4O3S/c1-2-17-15(21)10-5-7-11(8-6-10)20-14(12-4-3-9-24-12)13(16(22)23)18-19-20/h3-9H,2H2,1H3,(H,17,21)(H,22,23). The summed E-state index contributed by atoms with van der Waals surface area (Å²) in [7, 11) is 0. The fourth-order valence-electron chi connectivity index (χ4n) is 2.26. The van der Waals surface area contributed by atoms with Crippen LogP contribution >= 0.6 is 11.3 Å². The molecule has 2 heterocycles. The van der Waals surface area contributed by atoms with Crippen LogP contribution in [0.2, 0.25) is 0 Å². The van der Waals surface area contributed by atoms with E-state index in [0.717, 1.165) is 4.88 Å². The number of hydrogen-bond acceptors (Lipinski definition) is 5. The first-order valence-electron chi connectivity index (χ1n) is 7.23. The van der Waals surface area contributed by atoms with Crippen molar-refractivity contribution < 1.29 is 14.7 Å². The molecule has 8 heteroatoms. The Hall–Kier alpha value is -3.00. The molecule has 3 aromatic rings. The van der Waals surface area contributed by atoms with Crippen LogP contribution in [0.5, 0.6) is 0 Å². The SMILES string of the molecule is CCNC(=O)c1ccc(-n2nnc(C(=O)O)c2-c2cccs2)cc1. The number of hydrogen-bond donors (Lipinski definition) is 2. The number of carbonyl (C=O) groups is 2. The zero-order chi connectivity index (χ0) is 17.1. The summed E-state index contributed by atoms with van der Waals surface area (Å²) in [6, 6.07) is 10.4. The van der Waals surface area contributed by atoms with Crippen LogP contribution in [0.1, 0.15) is 27.8 Å². The first-order valence-corrected chi connectivity index (χ1v) is 8.11. The van der Waals surface area contributed by atoms with Crippen LogP contribution in [0.25, 0.3) is 16.3 Å². The molecule has 0 aliphatic rings. The first kappa shape index (κ1) is 15.9. The van der Waals surface area contributed by atoms with E-state index in [2.05, 4.69) is 15.6 Å². The average molecular weight is 342 g/mol. The van der Waals surface area contributed by atoms with Crippen molar-refractivity contribution in [3.63, 3.8) is 0 Å². The molecule has 24 heavy (non-hydrogen) atoms. The third-order valence-electron chi connectivity index (χ3n) is 3.34. The lowest BCUT2D eigenvalue weighted by atomic mass is 10.2. The minimum absolute atomic E-state index is 0.106. The van der Waals surface area contributed by atoms with Crippen molar-refractivity contribution in [3.05, 3.63) is 53.0 Å². The molecule has 0 saturated carbocycles. The van der Waals surface area contributed by atoms with E-state index >= 15 is 0 Å². The minimum atomic E-state index is -1.14. The van der Waals surface area contributed by atoms with Crippen LogP contribution in [-0.4, -0.2) is 38.5 Å². The molecule has 0 spiro atoms. The normalized spacial score (nSPS) is 10.5. The van der Waals surface area contributed by atoms with E-state index in [0.29, 0.717) is 23.5 Å². The summed E-state index contributed by atoms with van der Waals surface area (Å²) in [5, 5.41) is 21.7. The van der Waals surface area contributed by atoms with Gasteiger partial charge in [0.2, 0.25) is 0 Å². The van der Waals surface area contributed by atoms with Crippen LogP contribution in [0.15, 0.2) is 41.8 Å². The Morgan fingerprint density at radius 1 is 1.25 bits per heavy atom. The van der Waals surface area contributed by atoms with Gasteiger partial charge in [0, 0.05) is 12.1 Å². The largest absolute Gasteiger partial charge is 0.476 e. The van der Waals surface area contributed by atoms with Crippen molar-refractivity contribution in [2.75, 3.05) is 6.54 Å². The van der Waals surface area contributed by atoms with Crippen molar-refractivity contribution in [2.24, 2.45) is 0 Å². The summed E-state index contributed by atoms with van der Waals surface area (Å²) >= 11 is 1.41. The molecule has 2 aromatic heterocycles. The molecule has 0 fully saturated rings. The molecule has 0 unspecified atom stereocenters. The topological polar surface area (TPSA) is 97.1 Å². The van der Waals surface area contributed by atoms with E-state index in [1.165, 1.54) is 16.0 Å². The fraction of sp³-hybridized carbons (Fsp3) is 0.125. The highest BCUT2D eigenvalue weighted by atomic mass is 32.1. The quantitative estimate of drug-likeness (QED) is 0.742. The van der Waals surface area contributed by atoms with Crippen molar-refractivity contribution in [3.8, 4) is 16.3 Å². The van der Waals surface area contributed by atoms with Crippen molar-refractivity contribution in [2.45, 2.75) is 6.92 Å². The molecule has 1 aromatic carbocycles. The lowest BCUT2D eigenvalue weighted by Crippen LogP contribution is -2.22. The first-order chi connectivity index (χ1) is 11.6. The Balaban J connectivity index is 2.04. The Morgan fingerprint density at radius 2 is 2.00 bits per heavy atom. The maximum absolute atomic E-state index is 11.8. The highest BCUT2D eigenvalue weighted by Gasteiger charge is 2.22. The average Bonchev–Trinajstić information content (AvgIpc) is 3.24. The number of benzene rings is 1. The molecule has 0 atom stereocenters. The monoisotopic (exact) mass is 342 g/mol. The molecule has 0 saturated heterocycles. The molecule has 3 rings (SSSR count). The highest BCUT2D eigenvalue weighted by molar-refractivity contribution is 7.13. The lowest BCUT2D eigenvalue weighted by Gasteiger charge is -2.07. The van der Waals surface area contributed by atoms with Crippen LogP contribution in [-0.2, 0) is 0 Å². The van der Waals surface area contributed by atoms with E-state index in [1.54, 1.807) is 24.3 Å². The van der Waals surface area contributed by atoms with Gasteiger partial charge in [-0.25, -0.2) is 9.48 Å². The number of carboxylic acids is 1. The lowest BCUT2D eigenvalue weighted by molar-refractivity contribution is 0.0691. The predicted octanol–water partition coefficient (Wildman–Crippen LogP) is 2.44. The van der Waals surface area contributed by atoms with Gasteiger partial charge in [-0.05, 0) is 42.6 Å². The minimum Gasteiger partial charge on any atom is -0.476 e. The number of thiophene rings is 1. The van der Waals surface area contributed by atoms with Gasteiger partial charge in [-0.15, -0.1) is 16.4 Å². The molecule has 2 N–H and O–H groups in total. The van der Waals surface area contributed by atoms with Gasteiger partial charge in [0.15, 0.2) is 5.69 Å². The van der Waals surface area contributed by atoms with Crippen molar-refractivity contribution in [1.29, 1.82) is 0 Å². The highest BCUT2D eigenvalue weighted by Crippen LogP contribution is 2.29. The molecule has 0 bridgehead atoms. The summed E-state index contributed by atoms with van der Waals surface area (Å²) in [5.41, 5.74) is 1.47. The van der Waals surface area contributed by atoms with E-state index in [-0.39, 0.29) is 11.6 Å². The third-order valence-corrected chi connectivity index (χ3v) is 4.22. The number of aromatic carboxylic acids is 1. The van der Waals surface area contributed by atoms with E-state index in [1.807, 2.05) is 24.4 Å². The van der Waals surface area contributed by atoms with E-state index in [4.69, 9.17) is 0 Å². The van der Waals surface area contributed by atoms with Gasteiger partial charge < -0.3 is 10.4 Å². The Morgan fingerprint density at radius 3 is 2.58 bits per heavy atom. The van der Waals surface area contributed by atoms with E-state index in [9.17, 15) is 14.7 Å². The van der Waals surface area contributed by atoms with Crippen LogP contribution in [0.3, 0.4) is 0 Å². The second kappa shape index (κ2) is 6.63. The van der Waals surface area contributed by atoms with Crippen molar-refractivity contribution in [1.82, 2.24) is 20.3 Å². The Labute approximate surface area is 141 Å². The van der Waals surface area contributed by atoms with Gasteiger partial charge in [-0.3, -0.25) is 4.79 Å². The molecule has 1 amide bonds. The Bertz CT molecular complexity index is 869. The summed E-state index contributed by atoms with van der Waals surface area (Å²) < 4.78 is 1.47. The summed E-state index contributed by atoms with van der Waals surface area (Å²) in [4.78, 5) is 24.0. The third kappa shape index (κ3) is 2.91. The van der Waals surface area contributed by atoms with Crippen LogP contribution < -0.4 is 5.32 Å². The second-order valence-electron chi connectivity index (χ2n) is 4.89. The summed E-state index contributed by atoms with van der Waals surface area (Å²) in [6.07, 6.45) is 0. The van der Waals surface area contributed by atoms with Gasteiger partial charge in [-0.1, -0.05) is 11.3 Å². The molecule has 0 aliphatic carbocycles. The van der Waals surface area contributed by atoms with Gasteiger partial charge in [0.25, 0.3) is 5.91 Å². The number of carboxylic acid groups (broad SMARTS) is 1. The molecule has 122 valence electrons. The smallest absolute Gasteiger partial charge is 0.358 e. The predicted molar refractivity (Wildman–Crippen MR) is 89.6 cm³/mol. The zero-order valence-electron chi connectivity index (χ0n) is 12.8. The summed E-state index contributed by atoms with van der Waals surface area (Å²) in [5.74, 6) is -1.30. The fourth-order valence-corrected chi connectivity index (χ4v) is 3.01. The number of amides is 1. The number of carbonyl (C=O) groups excluding carboxylic acids is 1. The zero-order valence-corrected chi connectivity index (χ0v) is 13.6. The number of nitrogens with one attached hydrogen (secondary N) is 1. The Kier molecular flexibility index (Phi) is 4.39. The maximum Gasteiger partial charge on any atom is 0.358 e. The van der Waals surface area contributed by atoms with Gasteiger partial charge in [0.1, 0.15) is 5.69 Å². The van der Waals surface area contributed by atoms with Crippen LogP contribution in [0, 0.1) is 0 Å². The molecule has 0 radical (unpaired) electrons. The second-order valence-corrected chi connectivity index (χ2v) is 5.83. The molecular formula is C16H14N4O3S. The van der Waals surface area contributed by atoms with E-state index < -0.39 is 5.97 Å². The van der Waals surface area contributed by atoms with Gasteiger partial charge in [-0.2, -0.15) is 0 Å². The summed E-state index contributed by atoms with van der Waals surface area (Å²) in [6.45, 7) is 2.40. The number of aromatic nitrogens is 3. The number of nitrogens with zero attached hydrogens (tertiary/aromatic N) is 3. The maximum atomic E-state index is 11.8. The van der Waals surface area contributed by atoms with Gasteiger partial charge >= 0.3 is 5.97 Å². The van der Waals surface area contributed by atoms with Gasteiger partial charge in [0.05, 0.1) is 10.6 Å². The number of rotatable bonds is 5. The van der Waals surface area contributed by atoms with Crippen molar-refractivity contribution >= 4 is 23.2 Å². The molecule has 7 nitrogen and oxygen atoms in total.